The normalized spacial score (nSPS) is 10.2. The zero-order chi connectivity index (χ0) is 16.9. The van der Waals surface area contributed by atoms with Crippen LogP contribution in [0.2, 0.25) is 0 Å². The van der Waals surface area contributed by atoms with Crippen LogP contribution < -0.4 is 11.1 Å². The Labute approximate surface area is 139 Å². The Morgan fingerprint density at radius 2 is 1.33 bits per heavy atom. The van der Waals surface area contributed by atoms with Crippen LogP contribution in [0.15, 0.2) is 78.9 Å². The molecule has 3 aromatic carbocycles. The summed E-state index contributed by atoms with van der Waals surface area (Å²) in [4.78, 5) is 25.1. The molecule has 0 aromatic heterocycles. The van der Waals surface area contributed by atoms with Crippen LogP contribution in [0.4, 0.5) is 11.4 Å². The summed E-state index contributed by atoms with van der Waals surface area (Å²) in [6.45, 7) is 0. The molecule has 118 valence electrons. The third-order valence-corrected chi connectivity index (χ3v) is 3.61. The molecule has 0 heterocycles. The number of carbonyl (C=O) groups is 2. The largest absolute Gasteiger partial charge is 0.399 e. The van der Waals surface area contributed by atoms with Gasteiger partial charge in [-0.25, -0.2) is 0 Å². The van der Waals surface area contributed by atoms with Crippen molar-refractivity contribution in [2.24, 2.45) is 0 Å². The van der Waals surface area contributed by atoms with Gasteiger partial charge in [0.1, 0.15) is 0 Å². The summed E-state index contributed by atoms with van der Waals surface area (Å²) >= 11 is 0. The molecule has 4 heteroatoms. The van der Waals surface area contributed by atoms with Gasteiger partial charge in [-0.1, -0.05) is 48.5 Å². The highest BCUT2D eigenvalue weighted by Gasteiger charge is 2.16. The second kappa shape index (κ2) is 6.79. The molecule has 0 atom stereocenters. The zero-order valence-corrected chi connectivity index (χ0v) is 12.9. The van der Waals surface area contributed by atoms with Crippen LogP contribution in [0, 0.1) is 0 Å². The number of nitrogen functional groups attached to an aromatic ring is 1. The molecule has 0 aliphatic rings. The lowest BCUT2D eigenvalue weighted by Gasteiger charge is -2.11. The number of amides is 1. The molecule has 0 bridgehead atoms. The molecule has 0 fully saturated rings. The molecule has 0 saturated heterocycles. The van der Waals surface area contributed by atoms with Crippen molar-refractivity contribution in [2.75, 3.05) is 11.1 Å². The Kier molecular flexibility index (Phi) is 4.38. The monoisotopic (exact) mass is 316 g/mol. The van der Waals surface area contributed by atoms with E-state index < -0.39 is 0 Å². The molecular formula is C20H16N2O2. The van der Waals surface area contributed by atoms with E-state index in [9.17, 15) is 9.59 Å². The zero-order valence-electron chi connectivity index (χ0n) is 12.9. The molecule has 0 unspecified atom stereocenters. The second-order valence-corrected chi connectivity index (χ2v) is 5.32. The van der Waals surface area contributed by atoms with Gasteiger partial charge in [0.25, 0.3) is 5.91 Å². The number of nitrogens with one attached hydrogen (secondary N) is 1. The van der Waals surface area contributed by atoms with Gasteiger partial charge in [-0.05, 0) is 30.3 Å². The molecule has 3 N–H and O–H groups in total. The maximum Gasteiger partial charge on any atom is 0.255 e. The number of hydrogen-bond acceptors (Lipinski definition) is 3. The first-order valence-electron chi connectivity index (χ1n) is 7.51. The number of anilines is 2. The van der Waals surface area contributed by atoms with Gasteiger partial charge in [0.05, 0.1) is 5.69 Å². The molecule has 0 spiro atoms. The van der Waals surface area contributed by atoms with Gasteiger partial charge in [0.2, 0.25) is 0 Å². The maximum atomic E-state index is 12.7. The summed E-state index contributed by atoms with van der Waals surface area (Å²) in [6, 6.07) is 22.6. The highest BCUT2D eigenvalue weighted by atomic mass is 16.1. The Bertz CT molecular complexity index is 875. The minimum atomic E-state index is -0.275. The third-order valence-electron chi connectivity index (χ3n) is 3.61. The predicted molar refractivity (Wildman–Crippen MR) is 95.1 cm³/mol. The van der Waals surface area contributed by atoms with Crippen LogP contribution in [0.25, 0.3) is 0 Å². The molecule has 3 aromatic rings. The Hall–Kier alpha value is -3.40. The Morgan fingerprint density at radius 3 is 1.96 bits per heavy atom. The van der Waals surface area contributed by atoms with Crippen LogP contribution in [0.1, 0.15) is 26.3 Å². The fourth-order valence-corrected chi connectivity index (χ4v) is 2.39. The lowest BCUT2D eigenvalue weighted by atomic mass is 10.0. The van der Waals surface area contributed by atoms with E-state index in [1.807, 2.05) is 12.1 Å². The van der Waals surface area contributed by atoms with Crippen LogP contribution >= 0.6 is 0 Å². The van der Waals surface area contributed by atoms with E-state index in [1.54, 1.807) is 66.7 Å². The topological polar surface area (TPSA) is 72.2 Å². The third kappa shape index (κ3) is 3.33. The van der Waals surface area contributed by atoms with Crippen molar-refractivity contribution in [2.45, 2.75) is 0 Å². The van der Waals surface area contributed by atoms with Gasteiger partial charge in [0.15, 0.2) is 5.78 Å². The van der Waals surface area contributed by atoms with Gasteiger partial charge in [-0.2, -0.15) is 0 Å². The first-order valence-corrected chi connectivity index (χ1v) is 7.51. The number of ketones is 1. The second-order valence-electron chi connectivity index (χ2n) is 5.32. The minimum absolute atomic E-state index is 0.189. The number of benzene rings is 3. The Balaban J connectivity index is 1.94. The maximum absolute atomic E-state index is 12.7. The van der Waals surface area contributed by atoms with Crippen molar-refractivity contribution in [3.63, 3.8) is 0 Å². The van der Waals surface area contributed by atoms with Crippen LogP contribution in [0.3, 0.4) is 0 Å². The van der Waals surface area contributed by atoms with E-state index in [4.69, 9.17) is 5.73 Å². The summed E-state index contributed by atoms with van der Waals surface area (Å²) in [7, 11) is 0. The average Bonchev–Trinajstić information content (AvgIpc) is 2.64. The predicted octanol–water partition coefficient (Wildman–Crippen LogP) is 3.75. The number of carbonyl (C=O) groups excluding carboxylic acids is 2. The van der Waals surface area contributed by atoms with Crippen molar-refractivity contribution >= 4 is 23.1 Å². The Morgan fingerprint density at radius 1 is 0.750 bits per heavy atom. The van der Waals surface area contributed by atoms with Crippen molar-refractivity contribution in [3.05, 3.63) is 95.6 Å². The van der Waals surface area contributed by atoms with Crippen molar-refractivity contribution in [3.8, 4) is 0 Å². The number of rotatable bonds is 4. The SMILES string of the molecule is Nc1ccc(NC(=O)c2ccccc2)c(C(=O)c2ccccc2)c1. The van der Waals surface area contributed by atoms with Gasteiger partial charge < -0.3 is 11.1 Å². The van der Waals surface area contributed by atoms with Gasteiger partial charge in [0, 0.05) is 22.4 Å². The van der Waals surface area contributed by atoms with E-state index in [1.165, 1.54) is 0 Å². The summed E-state index contributed by atoms with van der Waals surface area (Å²) in [6.07, 6.45) is 0. The molecule has 0 saturated carbocycles. The van der Waals surface area contributed by atoms with Crippen molar-refractivity contribution in [1.82, 2.24) is 0 Å². The number of nitrogens with two attached hydrogens (primary N) is 1. The summed E-state index contributed by atoms with van der Waals surface area (Å²) in [5, 5.41) is 2.79. The lowest BCUT2D eigenvalue weighted by molar-refractivity contribution is 0.102. The van der Waals surface area contributed by atoms with Crippen molar-refractivity contribution in [1.29, 1.82) is 0 Å². The first-order chi connectivity index (χ1) is 11.6. The van der Waals surface area contributed by atoms with E-state index in [-0.39, 0.29) is 11.7 Å². The average molecular weight is 316 g/mol. The molecule has 0 aliphatic heterocycles. The molecule has 24 heavy (non-hydrogen) atoms. The highest BCUT2D eigenvalue weighted by Crippen LogP contribution is 2.23. The van der Waals surface area contributed by atoms with E-state index in [0.29, 0.717) is 28.1 Å². The lowest BCUT2D eigenvalue weighted by Crippen LogP contribution is -2.15. The number of hydrogen-bond donors (Lipinski definition) is 2. The molecule has 1 amide bonds. The highest BCUT2D eigenvalue weighted by molar-refractivity contribution is 6.15. The van der Waals surface area contributed by atoms with Gasteiger partial charge in [-0.15, -0.1) is 0 Å². The standard InChI is InChI=1S/C20H16N2O2/c21-16-11-12-18(22-20(24)15-9-5-2-6-10-15)17(13-16)19(23)14-7-3-1-4-8-14/h1-13H,21H2,(H,22,24). The fraction of sp³-hybridized carbons (Fsp3) is 0. The van der Waals surface area contributed by atoms with E-state index >= 15 is 0 Å². The quantitative estimate of drug-likeness (QED) is 0.569. The summed E-state index contributed by atoms with van der Waals surface area (Å²) in [5.74, 6) is -0.464. The summed E-state index contributed by atoms with van der Waals surface area (Å²) < 4.78 is 0. The van der Waals surface area contributed by atoms with Gasteiger partial charge >= 0.3 is 0 Å². The molecule has 0 radical (unpaired) electrons. The van der Waals surface area contributed by atoms with Gasteiger partial charge in [-0.3, -0.25) is 9.59 Å². The minimum Gasteiger partial charge on any atom is -0.399 e. The van der Waals surface area contributed by atoms with Crippen LogP contribution in [0.5, 0.6) is 0 Å². The van der Waals surface area contributed by atoms with Crippen LogP contribution in [-0.2, 0) is 0 Å². The fourth-order valence-electron chi connectivity index (χ4n) is 2.39. The van der Waals surface area contributed by atoms with E-state index in [0.717, 1.165) is 0 Å². The molecule has 3 rings (SSSR count). The molecule has 4 nitrogen and oxygen atoms in total. The molecular weight excluding hydrogens is 300 g/mol. The van der Waals surface area contributed by atoms with Crippen LogP contribution in [-0.4, -0.2) is 11.7 Å². The first kappa shape index (κ1) is 15.5. The van der Waals surface area contributed by atoms with Crippen molar-refractivity contribution < 1.29 is 9.59 Å². The molecule has 0 aliphatic carbocycles. The summed E-state index contributed by atoms with van der Waals surface area (Å²) in [5.41, 5.74) is 8.15. The van der Waals surface area contributed by atoms with E-state index in [2.05, 4.69) is 5.32 Å². The smallest absolute Gasteiger partial charge is 0.255 e.